The topological polar surface area (TPSA) is 66.4 Å². The largest absolute Gasteiger partial charge is 0.480 e. The molecule has 0 heterocycles. The molecule has 4 nitrogen and oxygen atoms in total. The molecule has 5 heteroatoms. The van der Waals surface area contributed by atoms with Gasteiger partial charge in [-0.2, -0.15) is 12.6 Å². The molecule has 1 aromatic carbocycles. The Kier molecular flexibility index (Phi) is 5.06. The lowest BCUT2D eigenvalue weighted by molar-refractivity contribution is -0.138. The molecular formula is C15H19NO3S. The highest BCUT2D eigenvalue weighted by molar-refractivity contribution is 7.80. The van der Waals surface area contributed by atoms with Crippen molar-refractivity contribution in [2.24, 2.45) is 5.92 Å². The van der Waals surface area contributed by atoms with E-state index in [0.29, 0.717) is 12.2 Å². The molecule has 1 amide bonds. The summed E-state index contributed by atoms with van der Waals surface area (Å²) in [5.74, 6) is -1.17. The lowest BCUT2D eigenvalue weighted by atomic mass is 9.97. The number of hydrogen-bond donors (Lipinski definition) is 3. The normalized spacial score (nSPS) is 14.7. The zero-order valence-electron chi connectivity index (χ0n) is 11.3. The highest BCUT2D eigenvalue weighted by Crippen LogP contribution is 2.24. The van der Waals surface area contributed by atoms with Crippen LogP contribution in [-0.4, -0.2) is 29.3 Å². The summed E-state index contributed by atoms with van der Waals surface area (Å²) < 4.78 is 0. The van der Waals surface area contributed by atoms with Crippen LogP contribution in [0.15, 0.2) is 18.2 Å². The third-order valence-corrected chi connectivity index (χ3v) is 4.09. The van der Waals surface area contributed by atoms with E-state index in [4.69, 9.17) is 5.11 Å². The van der Waals surface area contributed by atoms with Crippen molar-refractivity contribution >= 4 is 24.5 Å². The zero-order chi connectivity index (χ0) is 14.5. The van der Waals surface area contributed by atoms with Gasteiger partial charge in [0.05, 0.1) is 5.92 Å². The monoisotopic (exact) mass is 293 g/mol. The Morgan fingerprint density at radius 1 is 1.30 bits per heavy atom. The molecule has 1 aliphatic carbocycles. The number of amides is 1. The second kappa shape index (κ2) is 6.79. The molecule has 0 fully saturated rings. The first-order chi connectivity index (χ1) is 9.60. The summed E-state index contributed by atoms with van der Waals surface area (Å²) >= 11 is 4.20. The van der Waals surface area contributed by atoms with E-state index >= 15 is 0 Å². The van der Waals surface area contributed by atoms with E-state index in [-0.39, 0.29) is 18.4 Å². The number of carboxylic acid groups (broad SMARTS) is 1. The smallest absolute Gasteiger partial charge is 0.322 e. The van der Waals surface area contributed by atoms with E-state index in [1.807, 2.05) is 0 Å². The van der Waals surface area contributed by atoms with Gasteiger partial charge in [0.25, 0.3) is 0 Å². The quantitative estimate of drug-likeness (QED) is 0.696. The van der Waals surface area contributed by atoms with Crippen molar-refractivity contribution in [3.05, 3.63) is 34.9 Å². The fraction of sp³-hybridized carbons (Fsp3) is 0.467. The van der Waals surface area contributed by atoms with Gasteiger partial charge in [-0.1, -0.05) is 18.2 Å². The Balaban J connectivity index is 1.99. The van der Waals surface area contributed by atoms with Gasteiger partial charge in [0, 0.05) is 5.75 Å². The Bertz CT molecular complexity index is 516. The summed E-state index contributed by atoms with van der Waals surface area (Å²) in [6, 6.07) is 6.37. The van der Waals surface area contributed by atoms with Gasteiger partial charge in [0.2, 0.25) is 5.91 Å². The summed E-state index contributed by atoms with van der Waals surface area (Å²) in [5.41, 5.74) is 3.91. The molecule has 0 radical (unpaired) electrons. The predicted molar refractivity (Wildman–Crippen MR) is 80.2 cm³/mol. The first-order valence-corrected chi connectivity index (χ1v) is 7.44. The van der Waals surface area contributed by atoms with Gasteiger partial charge in [-0.25, -0.2) is 0 Å². The Hall–Kier alpha value is -1.49. The Morgan fingerprint density at radius 2 is 2.05 bits per heavy atom. The third-order valence-electron chi connectivity index (χ3n) is 3.65. The SMILES string of the molecule is O=C(O)CNC(=O)C(CS)Cc1ccc2c(c1)CCC2. The van der Waals surface area contributed by atoms with E-state index in [0.717, 1.165) is 18.4 Å². The molecule has 0 aromatic heterocycles. The molecule has 0 bridgehead atoms. The van der Waals surface area contributed by atoms with Crippen LogP contribution >= 0.6 is 12.6 Å². The fourth-order valence-electron chi connectivity index (χ4n) is 2.58. The van der Waals surface area contributed by atoms with Gasteiger partial charge in [-0.15, -0.1) is 0 Å². The lowest BCUT2D eigenvalue weighted by Crippen LogP contribution is -2.36. The van der Waals surface area contributed by atoms with Gasteiger partial charge in [0.1, 0.15) is 6.54 Å². The summed E-state index contributed by atoms with van der Waals surface area (Å²) in [4.78, 5) is 22.4. The van der Waals surface area contributed by atoms with E-state index in [9.17, 15) is 9.59 Å². The van der Waals surface area contributed by atoms with Crippen LogP contribution in [-0.2, 0) is 28.9 Å². The predicted octanol–water partition coefficient (Wildman–Crippen LogP) is 1.46. The number of aliphatic carboxylic acids is 1. The maximum absolute atomic E-state index is 11.9. The number of benzene rings is 1. The molecule has 2 rings (SSSR count). The molecule has 0 aliphatic heterocycles. The number of aryl methyl sites for hydroxylation is 2. The molecule has 0 saturated carbocycles. The van der Waals surface area contributed by atoms with Gasteiger partial charge >= 0.3 is 5.97 Å². The summed E-state index contributed by atoms with van der Waals surface area (Å²) in [6.45, 7) is -0.340. The fourth-order valence-corrected chi connectivity index (χ4v) is 2.88. The number of thiol groups is 1. The van der Waals surface area contributed by atoms with E-state index in [2.05, 4.69) is 36.1 Å². The third kappa shape index (κ3) is 3.76. The number of carbonyl (C=O) groups excluding carboxylic acids is 1. The molecule has 1 aromatic rings. The van der Waals surface area contributed by atoms with Crippen molar-refractivity contribution in [1.82, 2.24) is 5.32 Å². The number of rotatable bonds is 6. The Labute approximate surface area is 124 Å². The van der Waals surface area contributed by atoms with Crippen LogP contribution in [0.5, 0.6) is 0 Å². The maximum Gasteiger partial charge on any atom is 0.322 e. The van der Waals surface area contributed by atoms with Crippen molar-refractivity contribution in [2.75, 3.05) is 12.3 Å². The van der Waals surface area contributed by atoms with E-state index in [1.54, 1.807) is 0 Å². The average Bonchev–Trinajstić information content (AvgIpc) is 2.89. The highest BCUT2D eigenvalue weighted by Gasteiger charge is 2.19. The van der Waals surface area contributed by atoms with Crippen molar-refractivity contribution in [2.45, 2.75) is 25.7 Å². The second-order valence-corrected chi connectivity index (χ2v) is 5.52. The van der Waals surface area contributed by atoms with Gasteiger partial charge in [-0.05, 0) is 42.4 Å². The van der Waals surface area contributed by atoms with Crippen LogP contribution in [0.3, 0.4) is 0 Å². The molecule has 2 N–H and O–H groups in total. The molecule has 20 heavy (non-hydrogen) atoms. The number of carbonyl (C=O) groups is 2. The molecule has 1 atom stereocenters. The van der Waals surface area contributed by atoms with Crippen LogP contribution < -0.4 is 5.32 Å². The first kappa shape index (κ1) is 14.9. The van der Waals surface area contributed by atoms with Crippen molar-refractivity contribution in [1.29, 1.82) is 0 Å². The first-order valence-electron chi connectivity index (χ1n) is 6.81. The van der Waals surface area contributed by atoms with Crippen LogP contribution in [0.2, 0.25) is 0 Å². The van der Waals surface area contributed by atoms with Crippen molar-refractivity contribution in [3.8, 4) is 0 Å². The summed E-state index contributed by atoms with van der Waals surface area (Å²) in [5, 5.41) is 11.0. The van der Waals surface area contributed by atoms with Crippen LogP contribution in [0.4, 0.5) is 0 Å². The Morgan fingerprint density at radius 3 is 2.75 bits per heavy atom. The van der Waals surface area contributed by atoms with Crippen LogP contribution in [0.1, 0.15) is 23.1 Å². The molecule has 0 saturated heterocycles. The molecule has 1 unspecified atom stereocenters. The standard InChI is InChI=1S/C15H19NO3S/c17-14(18)8-16-15(19)13(9-20)7-10-4-5-11-2-1-3-12(11)6-10/h4-6,13,20H,1-3,7-9H2,(H,16,19)(H,17,18). The minimum Gasteiger partial charge on any atom is -0.480 e. The summed E-state index contributed by atoms with van der Waals surface area (Å²) in [7, 11) is 0. The second-order valence-electron chi connectivity index (χ2n) is 5.15. The minimum absolute atomic E-state index is 0.247. The minimum atomic E-state index is -1.03. The number of nitrogens with one attached hydrogen (secondary N) is 1. The molecule has 1 aliphatic rings. The molecule has 108 valence electrons. The van der Waals surface area contributed by atoms with E-state index in [1.165, 1.54) is 17.5 Å². The number of carboxylic acids is 1. The van der Waals surface area contributed by atoms with Crippen molar-refractivity contribution in [3.63, 3.8) is 0 Å². The summed E-state index contributed by atoms with van der Waals surface area (Å²) in [6.07, 6.45) is 4.06. The average molecular weight is 293 g/mol. The van der Waals surface area contributed by atoms with Gasteiger partial charge < -0.3 is 10.4 Å². The van der Waals surface area contributed by atoms with Gasteiger partial charge in [0.15, 0.2) is 0 Å². The lowest BCUT2D eigenvalue weighted by Gasteiger charge is -2.14. The molecule has 0 spiro atoms. The number of hydrogen-bond acceptors (Lipinski definition) is 3. The number of fused-ring (bicyclic) bond motifs is 1. The molecular weight excluding hydrogens is 274 g/mol. The van der Waals surface area contributed by atoms with Crippen LogP contribution in [0, 0.1) is 5.92 Å². The van der Waals surface area contributed by atoms with Crippen LogP contribution in [0.25, 0.3) is 0 Å². The zero-order valence-corrected chi connectivity index (χ0v) is 12.2. The van der Waals surface area contributed by atoms with E-state index < -0.39 is 5.97 Å². The highest BCUT2D eigenvalue weighted by atomic mass is 32.1. The van der Waals surface area contributed by atoms with Gasteiger partial charge in [-0.3, -0.25) is 9.59 Å². The van der Waals surface area contributed by atoms with Crippen molar-refractivity contribution < 1.29 is 14.7 Å². The maximum atomic E-state index is 11.9.